The number of ether oxygens (including phenoxy) is 1. The molecule has 0 saturated carbocycles. The maximum atomic E-state index is 14.7. The number of methoxy groups -OCH3 is 1. The van der Waals surface area contributed by atoms with Crippen LogP contribution in [0.25, 0.3) is 10.9 Å². The summed E-state index contributed by atoms with van der Waals surface area (Å²) in [6.07, 6.45) is -1.31. The summed E-state index contributed by atoms with van der Waals surface area (Å²) in [7, 11) is -1.51. The Hall–Kier alpha value is -3.01. The fourth-order valence-corrected chi connectivity index (χ4v) is 5.24. The standard InChI is InChI=1S/C23H24F3N3O3S/c1-14(15-4-3-5-16(22(15)24)23(25)26)28-18-6-7-27-19-13-21(32-2)20(12-17(18)19)29-8-10-33(30,31)11-9-29/h3-7,12-14,23H,8-11H2,1-2H3,(H,27,28)/t14-/m1/s1. The van der Waals surface area contributed by atoms with Gasteiger partial charge >= 0.3 is 0 Å². The van der Waals surface area contributed by atoms with Gasteiger partial charge in [-0.15, -0.1) is 0 Å². The van der Waals surface area contributed by atoms with E-state index in [1.807, 2.05) is 11.0 Å². The second-order valence-electron chi connectivity index (χ2n) is 7.96. The topological polar surface area (TPSA) is 71.5 Å². The Kier molecular flexibility index (Phi) is 6.38. The first-order valence-electron chi connectivity index (χ1n) is 10.5. The van der Waals surface area contributed by atoms with Gasteiger partial charge < -0.3 is 15.0 Å². The summed E-state index contributed by atoms with van der Waals surface area (Å²) in [6, 6.07) is 8.72. The molecule has 0 unspecified atom stereocenters. The Bertz CT molecular complexity index is 1270. The zero-order chi connectivity index (χ0) is 23.8. The molecule has 1 aliphatic heterocycles. The average Bonchev–Trinajstić information content (AvgIpc) is 2.78. The first-order valence-corrected chi connectivity index (χ1v) is 12.3. The molecule has 0 aliphatic carbocycles. The zero-order valence-corrected chi connectivity index (χ0v) is 19.0. The van der Waals surface area contributed by atoms with Crippen LogP contribution >= 0.6 is 0 Å². The van der Waals surface area contributed by atoms with E-state index < -0.39 is 33.7 Å². The minimum Gasteiger partial charge on any atom is -0.495 e. The van der Waals surface area contributed by atoms with E-state index in [9.17, 15) is 21.6 Å². The smallest absolute Gasteiger partial charge is 0.266 e. The summed E-state index contributed by atoms with van der Waals surface area (Å²) < 4.78 is 70.1. The summed E-state index contributed by atoms with van der Waals surface area (Å²) in [5, 5.41) is 3.93. The Morgan fingerprint density at radius 2 is 1.82 bits per heavy atom. The minimum atomic E-state index is -3.05. The Balaban J connectivity index is 1.71. The summed E-state index contributed by atoms with van der Waals surface area (Å²) in [5.41, 5.74) is 1.50. The van der Waals surface area contributed by atoms with Gasteiger partial charge in [-0.2, -0.15) is 0 Å². The van der Waals surface area contributed by atoms with E-state index in [0.717, 1.165) is 17.1 Å². The van der Waals surface area contributed by atoms with Crippen LogP contribution in [-0.4, -0.2) is 45.1 Å². The number of benzene rings is 2. The van der Waals surface area contributed by atoms with Crippen molar-refractivity contribution in [2.45, 2.75) is 19.4 Å². The molecule has 1 fully saturated rings. The maximum Gasteiger partial charge on any atom is 0.266 e. The highest BCUT2D eigenvalue weighted by Gasteiger charge is 2.25. The first-order chi connectivity index (χ1) is 15.7. The number of rotatable bonds is 6. The van der Waals surface area contributed by atoms with Crippen LogP contribution in [0.2, 0.25) is 0 Å². The number of pyridine rings is 1. The van der Waals surface area contributed by atoms with Crippen molar-refractivity contribution in [1.29, 1.82) is 0 Å². The van der Waals surface area contributed by atoms with Gasteiger partial charge in [0, 0.05) is 42.0 Å². The Morgan fingerprint density at radius 1 is 1.12 bits per heavy atom. The molecule has 0 bridgehead atoms. The molecule has 4 rings (SSSR count). The van der Waals surface area contributed by atoms with E-state index in [1.165, 1.54) is 19.2 Å². The summed E-state index contributed by atoms with van der Waals surface area (Å²) in [5.74, 6) is -0.246. The van der Waals surface area contributed by atoms with Crippen molar-refractivity contribution in [3.8, 4) is 5.75 Å². The van der Waals surface area contributed by atoms with E-state index in [4.69, 9.17) is 4.74 Å². The van der Waals surface area contributed by atoms with Gasteiger partial charge in [0.25, 0.3) is 6.43 Å². The van der Waals surface area contributed by atoms with E-state index in [1.54, 1.807) is 25.3 Å². The lowest BCUT2D eigenvalue weighted by Crippen LogP contribution is -2.40. The number of nitrogens with zero attached hydrogens (tertiary/aromatic N) is 2. The Morgan fingerprint density at radius 3 is 2.48 bits per heavy atom. The quantitative estimate of drug-likeness (QED) is 0.551. The number of alkyl halides is 2. The molecule has 1 aliphatic rings. The third-order valence-electron chi connectivity index (χ3n) is 5.86. The van der Waals surface area contributed by atoms with Gasteiger partial charge in [0.05, 0.1) is 41.4 Å². The number of sulfone groups is 1. The highest BCUT2D eigenvalue weighted by atomic mass is 32.2. The number of anilines is 2. The Labute approximate surface area is 190 Å². The van der Waals surface area contributed by atoms with Gasteiger partial charge in [0.15, 0.2) is 9.84 Å². The van der Waals surface area contributed by atoms with E-state index >= 15 is 0 Å². The van der Waals surface area contributed by atoms with Crippen molar-refractivity contribution in [2.24, 2.45) is 0 Å². The molecule has 0 spiro atoms. The normalized spacial score (nSPS) is 16.7. The molecule has 1 aromatic heterocycles. The zero-order valence-electron chi connectivity index (χ0n) is 18.2. The number of hydrogen-bond acceptors (Lipinski definition) is 6. The predicted molar refractivity (Wildman–Crippen MR) is 123 cm³/mol. The predicted octanol–water partition coefficient (Wildman–Crippen LogP) is 4.73. The largest absolute Gasteiger partial charge is 0.495 e. The molecule has 2 aromatic carbocycles. The third kappa shape index (κ3) is 4.71. The fourth-order valence-electron chi connectivity index (χ4n) is 4.03. The second-order valence-corrected chi connectivity index (χ2v) is 10.3. The van der Waals surface area contributed by atoms with Crippen molar-refractivity contribution in [3.05, 3.63) is 59.5 Å². The van der Waals surface area contributed by atoms with Gasteiger partial charge in [0.1, 0.15) is 11.6 Å². The third-order valence-corrected chi connectivity index (χ3v) is 7.47. The van der Waals surface area contributed by atoms with Gasteiger partial charge in [-0.25, -0.2) is 21.6 Å². The maximum absolute atomic E-state index is 14.7. The van der Waals surface area contributed by atoms with Crippen LogP contribution in [0, 0.1) is 5.82 Å². The molecular weight excluding hydrogens is 455 g/mol. The highest BCUT2D eigenvalue weighted by molar-refractivity contribution is 7.91. The molecule has 10 heteroatoms. The van der Waals surface area contributed by atoms with Gasteiger partial charge in [-0.05, 0) is 19.1 Å². The van der Waals surface area contributed by atoms with Crippen LogP contribution in [0.4, 0.5) is 24.5 Å². The molecule has 2 heterocycles. The van der Waals surface area contributed by atoms with Crippen LogP contribution < -0.4 is 15.0 Å². The highest BCUT2D eigenvalue weighted by Crippen LogP contribution is 2.37. The van der Waals surface area contributed by atoms with E-state index in [-0.39, 0.29) is 17.1 Å². The molecule has 3 aromatic rings. The van der Waals surface area contributed by atoms with Gasteiger partial charge in [0.2, 0.25) is 0 Å². The van der Waals surface area contributed by atoms with Crippen molar-refractivity contribution in [2.75, 3.05) is 41.9 Å². The molecule has 1 N–H and O–H groups in total. The summed E-state index contributed by atoms with van der Waals surface area (Å²) >= 11 is 0. The van der Waals surface area contributed by atoms with E-state index in [0.29, 0.717) is 30.0 Å². The average molecular weight is 480 g/mol. The molecule has 33 heavy (non-hydrogen) atoms. The summed E-state index contributed by atoms with van der Waals surface area (Å²) in [4.78, 5) is 6.34. The van der Waals surface area contributed by atoms with Crippen LogP contribution in [0.3, 0.4) is 0 Å². The monoisotopic (exact) mass is 479 g/mol. The van der Waals surface area contributed by atoms with Gasteiger partial charge in [-0.3, -0.25) is 4.98 Å². The van der Waals surface area contributed by atoms with Gasteiger partial charge in [-0.1, -0.05) is 18.2 Å². The number of aromatic nitrogens is 1. The lowest BCUT2D eigenvalue weighted by Gasteiger charge is -2.30. The van der Waals surface area contributed by atoms with Crippen LogP contribution in [0.15, 0.2) is 42.6 Å². The first kappa shape index (κ1) is 23.2. The second kappa shape index (κ2) is 9.09. The van der Waals surface area contributed by atoms with Crippen LogP contribution in [0.1, 0.15) is 30.5 Å². The van der Waals surface area contributed by atoms with Crippen LogP contribution in [0.5, 0.6) is 5.75 Å². The van der Waals surface area contributed by atoms with Crippen molar-refractivity contribution < 1.29 is 26.3 Å². The molecule has 1 atom stereocenters. The van der Waals surface area contributed by atoms with Crippen molar-refractivity contribution in [1.82, 2.24) is 4.98 Å². The summed E-state index contributed by atoms with van der Waals surface area (Å²) in [6.45, 7) is 2.38. The SMILES string of the molecule is COc1cc2nccc(N[C@H](C)c3cccc(C(F)F)c3F)c2cc1N1CCS(=O)(=O)CC1. The number of nitrogens with one attached hydrogen (secondary N) is 1. The number of hydrogen-bond donors (Lipinski definition) is 1. The molecule has 0 amide bonds. The van der Waals surface area contributed by atoms with Crippen LogP contribution in [-0.2, 0) is 9.84 Å². The number of fused-ring (bicyclic) bond motifs is 1. The molecule has 1 saturated heterocycles. The molecule has 176 valence electrons. The van der Waals surface area contributed by atoms with Crippen molar-refractivity contribution in [3.63, 3.8) is 0 Å². The fraction of sp³-hybridized carbons (Fsp3) is 0.348. The lowest BCUT2D eigenvalue weighted by molar-refractivity contribution is 0.146. The molecule has 0 radical (unpaired) electrons. The van der Waals surface area contributed by atoms with Crippen molar-refractivity contribution >= 4 is 32.1 Å². The molecule has 6 nitrogen and oxygen atoms in total. The van der Waals surface area contributed by atoms with E-state index in [2.05, 4.69) is 10.3 Å². The number of halogens is 3. The molecular formula is C23H24F3N3O3S. The lowest BCUT2D eigenvalue weighted by atomic mass is 10.0. The minimum absolute atomic E-state index is 0.0587.